The van der Waals surface area contributed by atoms with E-state index in [4.69, 9.17) is 18.9 Å². The second-order valence-corrected chi connectivity index (χ2v) is 11.8. The van der Waals surface area contributed by atoms with E-state index in [1.807, 2.05) is 6.92 Å². The van der Waals surface area contributed by atoms with E-state index in [1.165, 1.54) is 33.3 Å². The summed E-state index contributed by atoms with van der Waals surface area (Å²) in [5, 5.41) is 0. The van der Waals surface area contributed by atoms with Crippen LogP contribution in [-0.4, -0.2) is 49.3 Å². The minimum absolute atomic E-state index is 0.00444. The summed E-state index contributed by atoms with van der Waals surface area (Å²) in [6, 6.07) is 0. The third-order valence-electron chi connectivity index (χ3n) is 9.17. The Balaban J connectivity index is 1.90. The molecular formula is C28H42O8. The molecule has 0 radical (unpaired) electrons. The maximum absolute atomic E-state index is 11.9. The second-order valence-electron chi connectivity index (χ2n) is 11.8. The topological polar surface area (TPSA) is 105 Å². The third kappa shape index (κ3) is 5.62. The zero-order valence-electron chi connectivity index (χ0n) is 22.8. The van der Waals surface area contributed by atoms with Crippen LogP contribution in [0.1, 0.15) is 87.0 Å². The van der Waals surface area contributed by atoms with Gasteiger partial charge in [0.15, 0.2) is 0 Å². The average molecular weight is 507 g/mol. The molecule has 0 heterocycles. The fourth-order valence-electron chi connectivity index (χ4n) is 7.05. The normalized spacial score (nSPS) is 36.3. The Morgan fingerprint density at radius 1 is 0.917 bits per heavy atom. The van der Waals surface area contributed by atoms with E-state index in [2.05, 4.69) is 19.9 Å². The number of carbonyl (C=O) groups excluding carboxylic acids is 4. The van der Waals surface area contributed by atoms with Gasteiger partial charge in [-0.05, 0) is 62.7 Å². The Bertz CT molecular complexity index is 925. The summed E-state index contributed by atoms with van der Waals surface area (Å²) in [6.45, 7) is 12.3. The monoisotopic (exact) mass is 506 g/mol. The van der Waals surface area contributed by atoms with Crippen molar-refractivity contribution in [2.24, 2.45) is 28.1 Å². The average Bonchev–Trinajstić information content (AvgIpc) is 2.77. The standard InChI is InChI=1S/C28H42O8/c1-17(29)33-15-25(36-20(4)32)26(5)12-13-27(6)21(14-26)8-9-23-22(27)10-11-24(35-19(3)31)28(23,7)16-34-18(2)30/h9,21-22,24-25H,8,10-16H2,1-7H3/t21-,22-,24+,25-,26-,27-,28-/m0/s1. The molecule has 2 saturated carbocycles. The number of ether oxygens (including phenoxy) is 4. The van der Waals surface area contributed by atoms with Crippen LogP contribution in [0.25, 0.3) is 0 Å². The van der Waals surface area contributed by atoms with Crippen LogP contribution in [0.4, 0.5) is 0 Å². The van der Waals surface area contributed by atoms with Gasteiger partial charge < -0.3 is 18.9 Å². The number of rotatable bonds is 7. The van der Waals surface area contributed by atoms with Crippen molar-refractivity contribution in [3.05, 3.63) is 11.6 Å². The molecule has 7 atom stereocenters. The second kappa shape index (κ2) is 10.5. The number of hydrogen-bond donors (Lipinski definition) is 0. The van der Waals surface area contributed by atoms with Crippen LogP contribution in [-0.2, 0) is 38.1 Å². The predicted octanol–water partition coefficient (Wildman–Crippen LogP) is 4.54. The number of allylic oxidation sites excluding steroid dienone is 1. The molecular weight excluding hydrogens is 464 g/mol. The van der Waals surface area contributed by atoms with E-state index in [0.29, 0.717) is 12.3 Å². The maximum atomic E-state index is 11.9. The number of hydrogen-bond acceptors (Lipinski definition) is 8. The van der Waals surface area contributed by atoms with Gasteiger partial charge in [0.05, 0.1) is 5.41 Å². The first-order chi connectivity index (χ1) is 16.7. The van der Waals surface area contributed by atoms with Gasteiger partial charge in [0.2, 0.25) is 0 Å². The molecule has 0 aromatic carbocycles. The van der Waals surface area contributed by atoms with Crippen molar-refractivity contribution in [2.45, 2.75) is 99.2 Å². The highest BCUT2D eigenvalue weighted by molar-refractivity contribution is 5.67. The summed E-state index contributed by atoms with van der Waals surface area (Å²) in [5.74, 6) is -0.822. The van der Waals surface area contributed by atoms with E-state index in [-0.39, 0.29) is 54.0 Å². The molecule has 3 aliphatic carbocycles. The summed E-state index contributed by atoms with van der Waals surface area (Å²) in [5.41, 5.74) is 0.335. The highest BCUT2D eigenvalue weighted by Gasteiger charge is 2.58. The number of carbonyl (C=O) groups is 4. The van der Waals surface area contributed by atoms with E-state index < -0.39 is 17.5 Å². The lowest BCUT2D eigenvalue weighted by Crippen LogP contribution is -2.56. The van der Waals surface area contributed by atoms with Gasteiger partial charge in [-0.25, -0.2) is 0 Å². The van der Waals surface area contributed by atoms with Gasteiger partial charge in [-0.1, -0.05) is 25.5 Å². The summed E-state index contributed by atoms with van der Waals surface area (Å²) < 4.78 is 22.2. The molecule has 8 heteroatoms. The summed E-state index contributed by atoms with van der Waals surface area (Å²) in [4.78, 5) is 46.9. The largest absolute Gasteiger partial charge is 0.465 e. The minimum Gasteiger partial charge on any atom is -0.465 e. The zero-order valence-corrected chi connectivity index (χ0v) is 22.8. The Kier molecular flexibility index (Phi) is 8.26. The van der Waals surface area contributed by atoms with Gasteiger partial charge in [-0.15, -0.1) is 0 Å². The van der Waals surface area contributed by atoms with Crippen LogP contribution in [0.15, 0.2) is 11.6 Å². The van der Waals surface area contributed by atoms with Gasteiger partial charge in [-0.2, -0.15) is 0 Å². The number of fused-ring (bicyclic) bond motifs is 3. The Morgan fingerprint density at radius 3 is 2.17 bits per heavy atom. The third-order valence-corrected chi connectivity index (χ3v) is 9.17. The zero-order chi connectivity index (χ0) is 26.9. The lowest BCUT2D eigenvalue weighted by molar-refractivity contribution is -0.173. The van der Waals surface area contributed by atoms with Crippen LogP contribution in [0, 0.1) is 28.1 Å². The fraction of sp³-hybridized carbons (Fsp3) is 0.786. The first kappa shape index (κ1) is 28.2. The van der Waals surface area contributed by atoms with Crippen molar-refractivity contribution >= 4 is 23.9 Å². The molecule has 0 saturated heterocycles. The van der Waals surface area contributed by atoms with Gasteiger partial charge in [0, 0.05) is 33.1 Å². The van der Waals surface area contributed by atoms with Crippen molar-refractivity contribution in [2.75, 3.05) is 13.2 Å². The summed E-state index contributed by atoms with van der Waals surface area (Å²) >= 11 is 0. The van der Waals surface area contributed by atoms with Gasteiger partial charge >= 0.3 is 23.9 Å². The lowest BCUT2D eigenvalue weighted by atomic mass is 9.46. The smallest absolute Gasteiger partial charge is 0.303 e. The maximum Gasteiger partial charge on any atom is 0.303 e. The van der Waals surface area contributed by atoms with Crippen LogP contribution < -0.4 is 0 Å². The van der Waals surface area contributed by atoms with Gasteiger partial charge in [0.1, 0.15) is 25.4 Å². The molecule has 0 N–H and O–H groups in total. The molecule has 0 spiro atoms. The van der Waals surface area contributed by atoms with Gasteiger partial charge in [-0.3, -0.25) is 19.2 Å². The van der Waals surface area contributed by atoms with Crippen LogP contribution >= 0.6 is 0 Å². The molecule has 0 unspecified atom stereocenters. The van der Waals surface area contributed by atoms with Crippen LogP contribution in [0.2, 0.25) is 0 Å². The quantitative estimate of drug-likeness (QED) is 0.282. The van der Waals surface area contributed by atoms with Crippen LogP contribution in [0.3, 0.4) is 0 Å². The minimum atomic E-state index is -0.579. The van der Waals surface area contributed by atoms with Crippen LogP contribution in [0.5, 0.6) is 0 Å². The molecule has 0 aromatic heterocycles. The van der Waals surface area contributed by atoms with Crippen molar-refractivity contribution in [3.63, 3.8) is 0 Å². The fourth-order valence-corrected chi connectivity index (χ4v) is 7.05. The van der Waals surface area contributed by atoms with Crippen molar-refractivity contribution in [3.8, 4) is 0 Å². The Labute approximate surface area is 214 Å². The summed E-state index contributed by atoms with van der Waals surface area (Å²) in [6.07, 6.45) is 6.47. The molecule has 3 aliphatic rings. The van der Waals surface area contributed by atoms with Crippen molar-refractivity contribution < 1.29 is 38.1 Å². The van der Waals surface area contributed by atoms with E-state index in [9.17, 15) is 19.2 Å². The molecule has 0 aliphatic heterocycles. The predicted molar refractivity (Wildman–Crippen MR) is 131 cm³/mol. The van der Waals surface area contributed by atoms with E-state index in [1.54, 1.807) is 0 Å². The SMILES string of the molecule is CC(=O)OC[C@H](OC(C)=O)[C@@]1(C)CC[C@@]2(C)[C@@H](CC=C3[C@@H]2CC[C@@H](OC(C)=O)[C@@]3(C)COC(C)=O)C1. The first-order valence-electron chi connectivity index (χ1n) is 13.0. The molecule has 0 aromatic rings. The van der Waals surface area contributed by atoms with E-state index in [0.717, 1.165) is 32.1 Å². The molecule has 0 bridgehead atoms. The molecule has 202 valence electrons. The summed E-state index contributed by atoms with van der Waals surface area (Å²) in [7, 11) is 0. The molecule has 0 amide bonds. The molecule has 2 fully saturated rings. The first-order valence-corrected chi connectivity index (χ1v) is 13.0. The highest BCUT2D eigenvalue weighted by atomic mass is 16.6. The lowest BCUT2D eigenvalue weighted by Gasteiger charge is -2.60. The molecule has 36 heavy (non-hydrogen) atoms. The van der Waals surface area contributed by atoms with Crippen molar-refractivity contribution in [1.29, 1.82) is 0 Å². The van der Waals surface area contributed by atoms with E-state index >= 15 is 0 Å². The van der Waals surface area contributed by atoms with Gasteiger partial charge in [0.25, 0.3) is 0 Å². The Morgan fingerprint density at radius 2 is 1.58 bits per heavy atom. The van der Waals surface area contributed by atoms with Crippen molar-refractivity contribution in [1.82, 2.24) is 0 Å². The number of esters is 4. The molecule has 8 nitrogen and oxygen atoms in total. The Hall–Kier alpha value is -2.38. The highest BCUT2D eigenvalue weighted by Crippen LogP contribution is 2.64. The molecule has 3 rings (SSSR count).